The highest BCUT2D eigenvalue weighted by Gasteiger charge is 2.28. The molecule has 8 nitrogen and oxygen atoms in total. The van der Waals surface area contributed by atoms with E-state index in [1.165, 1.54) is 0 Å². The SMILES string of the molecule is CC1=NN(c2ccc(C(=O)OCC(=O)Nc3cc(C4CC4)nn3-c3ccccc3)cc2)CC1. The number of aromatic nitrogens is 2. The zero-order chi connectivity index (χ0) is 22.8. The minimum absolute atomic E-state index is 0.380. The van der Waals surface area contributed by atoms with Crippen molar-refractivity contribution in [3.63, 3.8) is 0 Å². The van der Waals surface area contributed by atoms with E-state index in [0.717, 1.165) is 48.6 Å². The van der Waals surface area contributed by atoms with E-state index in [4.69, 9.17) is 4.74 Å². The first-order chi connectivity index (χ1) is 16.1. The number of anilines is 2. The maximum absolute atomic E-state index is 12.5. The van der Waals surface area contributed by atoms with Gasteiger partial charge in [-0.05, 0) is 56.2 Å². The minimum atomic E-state index is -0.548. The van der Waals surface area contributed by atoms with Crippen LogP contribution in [0.3, 0.4) is 0 Å². The third-order valence-electron chi connectivity index (χ3n) is 5.70. The second-order valence-electron chi connectivity index (χ2n) is 8.36. The van der Waals surface area contributed by atoms with Crippen molar-refractivity contribution in [2.24, 2.45) is 5.10 Å². The third kappa shape index (κ3) is 4.79. The molecule has 5 rings (SSSR count). The molecule has 3 aromatic rings. The van der Waals surface area contributed by atoms with Crippen molar-refractivity contribution in [3.8, 4) is 5.69 Å². The molecule has 2 aliphatic rings. The van der Waals surface area contributed by atoms with Gasteiger partial charge < -0.3 is 10.1 Å². The van der Waals surface area contributed by atoms with Crippen molar-refractivity contribution in [1.82, 2.24) is 9.78 Å². The summed E-state index contributed by atoms with van der Waals surface area (Å²) in [7, 11) is 0. The molecule has 168 valence electrons. The van der Waals surface area contributed by atoms with E-state index in [9.17, 15) is 9.59 Å². The maximum atomic E-state index is 12.5. The number of hydrogen-bond donors (Lipinski definition) is 1. The molecule has 0 radical (unpaired) electrons. The number of para-hydroxylation sites is 1. The van der Waals surface area contributed by atoms with Crippen molar-refractivity contribution in [3.05, 3.63) is 71.9 Å². The molecule has 33 heavy (non-hydrogen) atoms. The second kappa shape index (κ2) is 8.90. The molecule has 0 bridgehead atoms. The Balaban J connectivity index is 1.21. The fourth-order valence-corrected chi connectivity index (χ4v) is 3.76. The molecule has 0 spiro atoms. The molecule has 0 saturated heterocycles. The van der Waals surface area contributed by atoms with Crippen molar-refractivity contribution in [1.29, 1.82) is 0 Å². The Bertz CT molecular complexity index is 1200. The fraction of sp³-hybridized carbons (Fsp3) is 0.280. The number of benzene rings is 2. The summed E-state index contributed by atoms with van der Waals surface area (Å²) in [5.74, 6) is 0.0471. The highest BCUT2D eigenvalue weighted by Crippen LogP contribution is 2.40. The normalized spacial score (nSPS) is 15.3. The molecule has 2 aromatic carbocycles. The van der Waals surface area contributed by atoms with Crippen LogP contribution >= 0.6 is 0 Å². The summed E-state index contributed by atoms with van der Waals surface area (Å²) < 4.78 is 6.95. The van der Waals surface area contributed by atoms with Gasteiger partial charge in [0.15, 0.2) is 6.61 Å². The van der Waals surface area contributed by atoms with Gasteiger partial charge in [-0.2, -0.15) is 10.2 Å². The zero-order valence-electron chi connectivity index (χ0n) is 18.4. The molecule has 1 aliphatic heterocycles. The minimum Gasteiger partial charge on any atom is -0.452 e. The number of nitrogens with zero attached hydrogens (tertiary/aromatic N) is 4. The van der Waals surface area contributed by atoms with Crippen LogP contribution in [0.1, 0.15) is 48.2 Å². The van der Waals surface area contributed by atoms with Crippen LogP contribution in [0.5, 0.6) is 0 Å². The standard InChI is InChI=1S/C25H25N5O3/c1-17-13-14-29(27-17)20-11-9-19(10-12-20)25(32)33-16-24(31)26-23-15-22(18-7-8-18)28-30(23)21-5-3-2-4-6-21/h2-6,9-12,15,18H,7-8,13-14,16H2,1H3,(H,26,31). The Morgan fingerprint density at radius 2 is 1.82 bits per heavy atom. The summed E-state index contributed by atoms with van der Waals surface area (Å²) in [5.41, 5.74) is 4.21. The van der Waals surface area contributed by atoms with E-state index in [1.54, 1.807) is 16.8 Å². The number of hydrogen-bond acceptors (Lipinski definition) is 6. The Morgan fingerprint density at radius 3 is 2.48 bits per heavy atom. The van der Waals surface area contributed by atoms with Crippen LogP contribution in [0, 0.1) is 0 Å². The van der Waals surface area contributed by atoms with Crippen molar-refractivity contribution < 1.29 is 14.3 Å². The van der Waals surface area contributed by atoms with E-state index in [1.807, 2.05) is 60.5 Å². The van der Waals surface area contributed by atoms with Crippen LogP contribution < -0.4 is 10.3 Å². The van der Waals surface area contributed by atoms with Gasteiger partial charge in [0.05, 0.1) is 22.6 Å². The first kappa shape index (κ1) is 20.9. The number of rotatable bonds is 7. The second-order valence-corrected chi connectivity index (χ2v) is 8.36. The lowest BCUT2D eigenvalue weighted by atomic mass is 10.2. The molecule has 1 amide bonds. The lowest BCUT2D eigenvalue weighted by molar-refractivity contribution is -0.119. The van der Waals surface area contributed by atoms with Gasteiger partial charge in [-0.3, -0.25) is 9.80 Å². The molecular weight excluding hydrogens is 418 g/mol. The molecule has 8 heteroatoms. The number of nitrogens with one attached hydrogen (secondary N) is 1. The largest absolute Gasteiger partial charge is 0.452 e. The molecule has 0 atom stereocenters. The predicted octanol–water partition coefficient (Wildman–Crippen LogP) is 4.13. The average molecular weight is 444 g/mol. The Labute approximate surface area is 191 Å². The average Bonchev–Trinajstić information content (AvgIpc) is 3.47. The van der Waals surface area contributed by atoms with Crippen molar-refractivity contribution >= 4 is 29.1 Å². The number of carbonyl (C=O) groups is 2. The Hall–Kier alpha value is -3.94. The quantitative estimate of drug-likeness (QED) is 0.555. The number of hydrazone groups is 1. The summed E-state index contributed by atoms with van der Waals surface area (Å²) in [6.07, 6.45) is 3.16. The summed E-state index contributed by atoms with van der Waals surface area (Å²) in [6.45, 7) is 2.45. The monoisotopic (exact) mass is 443 g/mol. The molecule has 1 N–H and O–H groups in total. The van der Waals surface area contributed by atoms with Crippen LogP contribution in [0.25, 0.3) is 5.69 Å². The molecule has 1 aliphatic carbocycles. The number of carbonyl (C=O) groups excluding carboxylic acids is 2. The molecule has 1 fully saturated rings. The predicted molar refractivity (Wildman–Crippen MR) is 126 cm³/mol. The van der Waals surface area contributed by atoms with E-state index >= 15 is 0 Å². The zero-order valence-corrected chi connectivity index (χ0v) is 18.4. The first-order valence-corrected chi connectivity index (χ1v) is 11.1. The molecule has 1 aromatic heterocycles. The van der Waals surface area contributed by atoms with Crippen molar-refractivity contribution in [2.45, 2.75) is 32.1 Å². The van der Waals surface area contributed by atoms with Crippen LogP contribution in [0.2, 0.25) is 0 Å². The van der Waals surface area contributed by atoms with Gasteiger partial charge in [0.25, 0.3) is 5.91 Å². The van der Waals surface area contributed by atoms with E-state index < -0.39 is 11.9 Å². The molecule has 0 unspecified atom stereocenters. The van der Waals surface area contributed by atoms with Gasteiger partial charge >= 0.3 is 5.97 Å². The van der Waals surface area contributed by atoms with Crippen LogP contribution in [-0.2, 0) is 9.53 Å². The van der Waals surface area contributed by atoms with Gasteiger partial charge in [-0.25, -0.2) is 9.48 Å². The molecule has 2 heterocycles. The van der Waals surface area contributed by atoms with E-state index in [0.29, 0.717) is 17.3 Å². The van der Waals surface area contributed by atoms with Gasteiger partial charge in [-0.15, -0.1) is 0 Å². The lowest BCUT2D eigenvalue weighted by Gasteiger charge is -2.13. The first-order valence-electron chi connectivity index (χ1n) is 11.1. The van der Waals surface area contributed by atoms with Crippen LogP contribution in [-0.4, -0.2) is 40.5 Å². The summed E-state index contributed by atoms with van der Waals surface area (Å²) in [5, 5.41) is 13.9. The van der Waals surface area contributed by atoms with Gasteiger partial charge in [0.2, 0.25) is 0 Å². The number of esters is 1. The number of ether oxygens (including phenoxy) is 1. The number of amides is 1. The molecule has 1 saturated carbocycles. The van der Waals surface area contributed by atoms with Crippen LogP contribution in [0.4, 0.5) is 11.5 Å². The van der Waals surface area contributed by atoms with Gasteiger partial charge in [0.1, 0.15) is 5.82 Å². The molecular formula is C25H25N5O3. The summed E-state index contributed by atoms with van der Waals surface area (Å²) >= 11 is 0. The lowest BCUT2D eigenvalue weighted by Crippen LogP contribution is -2.22. The van der Waals surface area contributed by atoms with E-state index in [2.05, 4.69) is 15.5 Å². The maximum Gasteiger partial charge on any atom is 0.338 e. The van der Waals surface area contributed by atoms with Gasteiger partial charge in [-0.1, -0.05) is 18.2 Å². The Kier molecular flexibility index (Phi) is 5.64. The topological polar surface area (TPSA) is 88.8 Å². The third-order valence-corrected chi connectivity index (χ3v) is 5.70. The van der Waals surface area contributed by atoms with Crippen molar-refractivity contribution in [2.75, 3.05) is 23.5 Å². The van der Waals surface area contributed by atoms with E-state index in [-0.39, 0.29) is 6.61 Å². The highest BCUT2D eigenvalue weighted by molar-refractivity contribution is 5.95. The van der Waals surface area contributed by atoms with Crippen LogP contribution in [0.15, 0.2) is 65.8 Å². The van der Waals surface area contributed by atoms with Gasteiger partial charge in [0, 0.05) is 30.7 Å². The Morgan fingerprint density at radius 1 is 1.06 bits per heavy atom. The summed E-state index contributed by atoms with van der Waals surface area (Å²) in [6, 6.07) is 18.6. The smallest absolute Gasteiger partial charge is 0.338 e. The highest BCUT2D eigenvalue weighted by atomic mass is 16.5. The summed E-state index contributed by atoms with van der Waals surface area (Å²) in [4.78, 5) is 24.9. The fourth-order valence-electron chi connectivity index (χ4n) is 3.76.